The molecule has 2 aliphatic rings. The minimum absolute atomic E-state index is 0.0569. The smallest absolute Gasteiger partial charge is 0.314 e. The van der Waals surface area contributed by atoms with E-state index in [1.807, 2.05) is 0 Å². The molecule has 1 fully saturated rings. The topological polar surface area (TPSA) is 76.0 Å². The van der Waals surface area contributed by atoms with Crippen LogP contribution in [0.15, 0.2) is 10.5 Å². The molecule has 1 saturated carbocycles. The highest BCUT2D eigenvalue weighted by Crippen LogP contribution is 2.52. The predicted molar refractivity (Wildman–Crippen MR) is 74.6 cm³/mol. The maximum atomic E-state index is 11.8. The van der Waals surface area contributed by atoms with Crippen molar-refractivity contribution in [1.82, 2.24) is 0 Å². The second-order valence-corrected chi connectivity index (χ2v) is 6.00. The molecule has 0 spiro atoms. The third-order valence-corrected chi connectivity index (χ3v) is 4.87. The Morgan fingerprint density at radius 1 is 1.25 bits per heavy atom. The molecule has 20 heavy (non-hydrogen) atoms. The minimum Gasteiger partial charge on any atom is -0.506 e. The SMILES string of the molecule is O=C(O)C1(c2cc3c(c(Br)c2O)OCCO3)CCCC1. The molecule has 0 aromatic heterocycles. The monoisotopic (exact) mass is 342 g/mol. The number of aliphatic carboxylic acids is 1. The maximum Gasteiger partial charge on any atom is 0.314 e. The molecule has 1 aliphatic heterocycles. The Kier molecular flexibility index (Phi) is 3.28. The van der Waals surface area contributed by atoms with Gasteiger partial charge in [-0.05, 0) is 34.8 Å². The Balaban J connectivity index is 2.18. The molecular weight excluding hydrogens is 328 g/mol. The number of carboxylic acids is 1. The number of carboxylic acid groups (broad SMARTS) is 1. The summed E-state index contributed by atoms with van der Waals surface area (Å²) in [5.41, 5.74) is -0.610. The van der Waals surface area contributed by atoms with Crippen LogP contribution in [-0.2, 0) is 10.2 Å². The molecule has 1 aromatic carbocycles. The zero-order chi connectivity index (χ0) is 14.3. The third kappa shape index (κ3) is 1.85. The van der Waals surface area contributed by atoms with Gasteiger partial charge in [0.25, 0.3) is 0 Å². The summed E-state index contributed by atoms with van der Waals surface area (Å²) in [5.74, 6) is -0.0214. The molecule has 2 N–H and O–H groups in total. The number of benzene rings is 1. The number of hydrogen-bond donors (Lipinski definition) is 2. The van der Waals surface area contributed by atoms with E-state index in [0.29, 0.717) is 47.6 Å². The Morgan fingerprint density at radius 3 is 2.55 bits per heavy atom. The van der Waals surface area contributed by atoms with Gasteiger partial charge in [-0.2, -0.15) is 0 Å². The lowest BCUT2D eigenvalue weighted by molar-refractivity contribution is -0.143. The van der Waals surface area contributed by atoms with Gasteiger partial charge in [-0.15, -0.1) is 0 Å². The molecule has 1 aliphatic carbocycles. The summed E-state index contributed by atoms with van der Waals surface area (Å²) in [6.07, 6.45) is 2.75. The highest BCUT2D eigenvalue weighted by Gasteiger charge is 2.46. The zero-order valence-corrected chi connectivity index (χ0v) is 12.4. The van der Waals surface area contributed by atoms with E-state index in [4.69, 9.17) is 9.47 Å². The van der Waals surface area contributed by atoms with Gasteiger partial charge >= 0.3 is 5.97 Å². The van der Waals surface area contributed by atoms with Crippen molar-refractivity contribution in [3.63, 3.8) is 0 Å². The lowest BCUT2D eigenvalue weighted by Gasteiger charge is -2.28. The summed E-state index contributed by atoms with van der Waals surface area (Å²) in [6.45, 7) is 0.832. The second kappa shape index (κ2) is 4.84. The van der Waals surface area contributed by atoms with Crippen LogP contribution in [0.4, 0.5) is 0 Å². The average molecular weight is 343 g/mol. The highest BCUT2D eigenvalue weighted by atomic mass is 79.9. The number of phenols is 1. The van der Waals surface area contributed by atoms with Crippen molar-refractivity contribution in [3.05, 3.63) is 16.1 Å². The summed E-state index contributed by atoms with van der Waals surface area (Å²) < 4.78 is 11.4. The van der Waals surface area contributed by atoms with Gasteiger partial charge in [0.15, 0.2) is 11.5 Å². The Hall–Kier alpha value is -1.43. The molecule has 0 bridgehead atoms. The largest absolute Gasteiger partial charge is 0.506 e. The van der Waals surface area contributed by atoms with Crippen LogP contribution in [0.5, 0.6) is 17.2 Å². The number of hydrogen-bond acceptors (Lipinski definition) is 4. The van der Waals surface area contributed by atoms with Crippen LogP contribution in [0.2, 0.25) is 0 Å². The number of rotatable bonds is 2. The summed E-state index contributed by atoms with van der Waals surface area (Å²) in [4.78, 5) is 11.8. The van der Waals surface area contributed by atoms with Crippen LogP contribution < -0.4 is 9.47 Å². The van der Waals surface area contributed by atoms with E-state index in [0.717, 1.165) is 12.8 Å². The molecule has 108 valence electrons. The van der Waals surface area contributed by atoms with Crippen molar-refractivity contribution in [3.8, 4) is 17.2 Å². The fourth-order valence-electron chi connectivity index (χ4n) is 3.08. The normalized spacial score (nSPS) is 19.9. The fraction of sp³-hybridized carbons (Fsp3) is 0.500. The molecular formula is C14H15BrO5. The first-order valence-corrected chi connectivity index (χ1v) is 7.40. The number of aromatic hydroxyl groups is 1. The summed E-state index contributed by atoms with van der Waals surface area (Å²) in [6, 6.07) is 1.62. The molecule has 1 aromatic rings. The van der Waals surface area contributed by atoms with Crippen molar-refractivity contribution in [2.75, 3.05) is 13.2 Å². The molecule has 0 saturated heterocycles. The standard InChI is InChI=1S/C14H15BrO5/c15-10-11(16)8(7-9-12(10)20-6-5-19-9)14(13(17)18)3-1-2-4-14/h7,16H,1-6H2,(H,17,18). The van der Waals surface area contributed by atoms with Crippen LogP contribution in [-0.4, -0.2) is 29.4 Å². The Morgan fingerprint density at radius 2 is 1.90 bits per heavy atom. The van der Waals surface area contributed by atoms with E-state index >= 15 is 0 Å². The van der Waals surface area contributed by atoms with E-state index in [-0.39, 0.29) is 5.75 Å². The fourth-order valence-corrected chi connectivity index (χ4v) is 3.60. The third-order valence-electron chi connectivity index (χ3n) is 4.13. The lowest BCUT2D eigenvalue weighted by atomic mass is 9.78. The van der Waals surface area contributed by atoms with Crippen molar-refractivity contribution < 1.29 is 24.5 Å². The number of phenolic OH excluding ortho intramolecular Hbond substituents is 1. The van der Waals surface area contributed by atoms with E-state index in [1.54, 1.807) is 6.07 Å². The second-order valence-electron chi connectivity index (χ2n) is 5.21. The highest BCUT2D eigenvalue weighted by molar-refractivity contribution is 9.10. The number of fused-ring (bicyclic) bond motifs is 1. The van der Waals surface area contributed by atoms with Crippen LogP contribution in [0.1, 0.15) is 31.2 Å². The van der Waals surface area contributed by atoms with E-state index in [2.05, 4.69) is 15.9 Å². The molecule has 5 nitrogen and oxygen atoms in total. The van der Waals surface area contributed by atoms with Gasteiger partial charge < -0.3 is 19.7 Å². The summed E-state index contributed by atoms with van der Waals surface area (Å²) in [7, 11) is 0. The van der Waals surface area contributed by atoms with E-state index < -0.39 is 11.4 Å². The summed E-state index contributed by atoms with van der Waals surface area (Å²) in [5, 5.41) is 20.0. The number of ether oxygens (including phenoxy) is 2. The molecule has 0 radical (unpaired) electrons. The molecule has 1 heterocycles. The van der Waals surface area contributed by atoms with Crippen molar-refractivity contribution in [2.45, 2.75) is 31.1 Å². The average Bonchev–Trinajstić information content (AvgIpc) is 2.93. The van der Waals surface area contributed by atoms with Gasteiger partial charge in [0, 0.05) is 5.56 Å². The zero-order valence-electron chi connectivity index (χ0n) is 10.8. The molecule has 3 rings (SSSR count). The first-order valence-electron chi connectivity index (χ1n) is 6.61. The van der Waals surface area contributed by atoms with Crippen molar-refractivity contribution in [1.29, 1.82) is 0 Å². The molecule has 0 unspecified atom stereocenters. The van der Waals surface area contributed by atoms with Gasteiger partial charge in [0.2, 0.25) is 0 Å². The quantitative estimate of drug-likeness (QED) is 0.864. The van der Waals surface area contributed by atoms with Gasteiger partial charge in [-0.1, -0.05) is 12.8 Å². The first-order chi connectivity index (χ1) is 9.56. The summed E-state index contributed by atoms with van der Waals surface area (Å²) >= 11 is 3.29. The van der Waals surface area contributed by atoms with Crippen LogP contribution in [0.3, 0.4) is 0 Å². The van der Waals surface area contributed by atoms with Crippen LogP contribution in [0, 0.1) is 0 Å². The molecule has 0 atom stereocenters. The van der Waals surface area contributed by atoms with Crippen molar-refractivity contribution >= 4 is 21.9 Å². The number of halogens is 1. The van der Waals surface area contributed by atoms with Gasteiger partial charge in [-0.3, -0.25) is 4.79 Å². The maximum absolute atomic E-state index is 11.8. The van der Waals surface area contributed by atoms with Gasteiger partial charge in [-0.25, -0.2) is 0 Å². The van der Waals surface area contributed by atoms with Crippen LogP contribution >= 0.6 is 15.9 Å². The molecule has 0 amide bonds. The van der Waals surface area contributed by atoms with Gasteiger partial charge in [0.05, 0.1) is 5.41 Å². The Bertz CT molecular complexity index is 563. The van der Waals surface area contributed by atoms with E-state index in [1.165, 1.54) is 0 Å². The first kappa shape index (κ1) is 13.5. The predicted octanol–water partition coefficient (Wildman–Crippen LogP) is 2.82. The molecule has 6 heteroatoms. The minimum atomic E-state index is -1.03. The van der Waals surface area contributed by atoms with Crippen LogP contribution in [0.25, 0.3) is 0 Å². The van der Waals surface area contributed by atoms with Gasteiger partial charge in [0.1, 0.15) is 23.4 Å². The van der Waals surface area contributed by atoms with E-state index in [9.17, 15) is 15.0 Å². The number of carbonyl (C=O) groups is 1. The lowest BCUT2D eigenvalue weighted by Crippen LogP contribution is -2.33. The Labute approximate surface area is 124 Å². The van der Waals surface area contributed by atoms with Crippen molar-refractivity contribution in [2.24, 2.45) is 0 Å².